The number of H-pyrrole nitrogens is 1. The molecule has 4 rings (SSSR count). The van der Waals surface area contributed by atoms with Gasteiger partial charge in [-0.1, -0.05) is 37.3 Å². The van der Waals surface area contributed by atoms with E-state index < -0.39 is 17.6 Å². The molecule has 1 aromatic heterocycles. The van der Waals surface area contributed by atoms with Crippen molar-refractivity contribution in [1.82, 2.24) is 15.3 Å². The number of aromatic amines is 1. The summed E-state index contributed by atoms with van der Waals surface area (Å²) >= 11 is 5.93. The van der Waals surface area contributed by atoms with Gasteiger partial charge < -0.3 is 20.9 Å². The minimum atomic E-state index is -0.540. The van der Waals surface area contributed by atoms with Crippen LogP contribution in [0.3, 0.4) is 0 Å². The van der Waals surface area contributed by atoms with E-state index in [1.807, 2.05) is 0 Å². The lowest BCUT2D eigenvalue weighted by Crippen LogP contribution is -2.28. The Morgan fingerprint density at radius 1 is 0.971 bits per heavy atom. The van der Waals surface area contributed by atoms with Crippen molar-refractivity contribution in [3.63, 3.8) is 0 Å². The maximum Gasteiger partial charge on any atom is 0.276 e. The summed E-state index contributed by atoms with van der Waals surface area (Å²) in [5, 5.41) is 8.21. The summed E-state index contributed by atoms with van der Waals surface area (Å²) in [5.41, 5.74) is 1.14. The van der Waals surface area contributed by atoms with Crippen LogP contribution in [0.4, 0.5) is 15.8 Å². The summed E-state index contributed by atoms with van der Waals surface area (Å²) in [4.78, 5) is 44.4. The molecule has 8 nitrogen and oxygen atoms in total. The number of halogens is 2. The number of hydrogen-bond acceptors (Lipinski definition) is 4. The number of benzene rings is 2. The molecule has 0 saturated heterocycles. The van der Waals surface area contributed by atoms with E-state index in [4.69, 9.17) is 11.6 Å². The first-order valence-corrected chi connectivity index (χ1v) is 11.8. The van der Waals surface area contributed by atoms with Gasteiger partial charge >= 0.3 is 0 Å². The lowest BCUT2D eigenvalue weighted by Gasteiger charge is -2.10. The van der Waals surface area contributed by atoms with Crippen LogP contribution >= 0.6 is 11.6 Å². The van der Waals surface area contributed by atoms with Crippen molar-refractivity contribution in [2.45, 2.75) is 32.1 Å². The number of carbonyl (C=O) groups excluding carboxylic acids is 3. The van der Waals surface area contributed by atoms with E-state index in [0.29, 0.717) is 23.8 Å². The number of nitrogens with zero attached hydrogens (tertiary/aromatic N) is 1. The van der Waals surface area contributed by atoms with Crippen molar-refractivity contribution in [1.29, 1.82) is 0 Å². The Morgan fingerprint density at radius 3 is 2.29 bits per heavy atom. The van der Waals surface area contributed by atoms with E-state index >= 15 is 0 Å². The standard InChI is InChI=1S/C25H25ClFN5O3/c26-20-13-16(27)5-10-19(20)23(33)31-17-6-8-18(9-7-17)32-25(35)22-21(29-14-30-22)24(34)28-12-11-15-3-1-2-4-15/h5-10,13-15H,1-4,11-12H2,(H,28,34)(H,29,30)(H,31,33)(H,32,35). The third kappa shape index (κ3) is 6.24. The molecule has 0 atom stereocenters. The molecule has 3 aromatic rings. The normalized spacial score (nSPS) is 13.4. The Morgan fingerprint density at radius 2 is 1.63 bits per heavy atom. The van der Waals surface area contributed by atoms with Gasteiger partial charge in [0.15, 0.2) is 5.69 Å². The average molecular weight is 498 g/mol. The molecular formula is C25H25ClFN5O3. The zero-order valence-corrected chi connectivity index (χ0v) is 19.6. The highest BCUT2D eigenvalue weighted by Crippen LogP contribution is 2.27. The van der Waals surface area contributed by atoms with Gasteiger partial charge in [0.2, 0.25) is 0 Å². The van der Waals surface area contributed by atoms with Crippen molar-refractivity contribution in [3.8, 4) is 0 Å². The number of hydrogen-bond donors (Lipinski definition) is 4. The second-order valence-electron chi connectivity index (χ2n) is 8.43. The van der Waals surface area contributed by atoms with E-state index in [1.54, 1.807) is 24.3 Å². The van der Waals surface area contributed by atoms with Crippen LogP contribution in [-0.2, 0) is 0 Å². The van der Waals surface area contributed by atoms with Gasteiger partial charge in [0.25, 0.3) is 17.7 Å². The second kappa shape index (κ2) is 11.1. The van der Waals surface area contributed by atoms with Crippen LogP contribution in [0.1, 0.15) is 63.4 Å². The number of nitrogens with one attached hydrogen (secondary N) is 4. The Labute approximate surface area is 206 Å². The maximum atomic E-state index is 13.2. The van der Waals surface area contributed by atoms with Gasteiger partial charge in [-0.3, -0.25) is 14.4 Å². The predicted octanol–water partition coefficient (Wildman–Crippen LogP) is 5.02. The highest BCUT2D eigenvalue weighted by Gasteiger charge is 2.21. The van der Waals surface area contributed by atoms with Crippen LogP contribution in [0.2, 0.25) is 5.02 Å². The highest BCUT2D eigenvalue weighted by atomic mass is 35.5. The number of imidazole rings is 1. The lowest BCUT2D eigenvalue weighted by molar-refractivity contribution is 0.0933. The van der Waals surface area contributed by atoms with Gasteiger partial charge in [-0.25, -0.2) is 9.37 Å². The first-order chi connectivity index (χ1) is 16.9. The molecule has 0 bridgehead atoms. The number of aromatic nitrogens is 2. The largest absolute Gasteiger partial charge is 0.351 e. The lowest BCUT2D eigenvalue weighted by atomic mass is 10.0. The molecule has 1 aliphatic rings. The highest BCUT2D eigenvalue weighted by molar-refractivity contribution is 6.34. The SMILES string of the molecule is O=C(Nc1ccc(NC(=O)c2nc[nH]c2C(=O)NCCC2CCCC2)cc1)c1ccc(F)cc1Cl. The molecule has 0 radical (unpaired) electrons. The van der Waals surface area contributed by atoms with E-state index in [0.717, 1.165) is 18.6 Å². The van der Waals surface area contributed by atoms with Crippen LogP contribution in [0.5, 0.6) is 0 Å². The van der Waals surface area contributed by atoms with Gasteiger partial charge in [0.05, 0.1) is 16.9 Å². The van der Waals surface area contributed by atoms with Crippen molar-refractivity contribution in [2.24, 2.45) is 5.92 Å². The fourth-order valence-electron chi connectivity index (χ4n) is 4.12. The monoisotopic (exact) mass is 497 g/mol. The van der Waals surface area contributed by atoms with Crippen LogP contribution in [0.15, 0.2) is 48.8 Å². The Balaban J connectivity index is 1.32. The van der Waals surface area contributed by atoms with E-state index in [2.05, 4.69) is 25.9 Å². The quantitative estimate of drug-likeness (QED) is 0.350. The molecule has 35 heavy (non-hydrogen) atoms. The molecule has 0 spiro atoms. The van der Waals surface area contributed by atoms with Gasteiger partial charge in [0.1, 0.15) is 11.5 Å². The molecule has 1 heterocycles. The van der Waals surface area contributed by atoms with Gasteiger partial charge in [-0.15, -0.1) is 0 Å². The van der Waals surface area contributed by atoms with Gasteiger partial charge in [-0.05, 0) is 54.8 Å². The van der Waals surface area contributed by atoms with Gasteiger partial charge in [0, 0.05) is 17.9 Å². The molecule has 1 saturated carbocycles. The summed E-state index contributed by atoms with van der Waals surface area (Å²) in [7, 11) is 0. The Kier molecular flexibility index (Phi) is 7.77. The molecule has 2 aromatic carbocycles. The molecule has 3 amide bonds. The van der Waals surface area contributed by atoms with Crippen molar-refractivity contribution < 1.29 is 18.8 Å². The average Bonchev–Trinajstić information content (AvgIpc) is 3.52. The number of carbonyl (C=O) groups is 3. The maximum absolute atomic E-state index is 13.2. The van der Waals surface area contributed by atoms with Crippen LogP contribution in [-0.4, -0.2) is 34.2 Å². The van der Waals surface area contributed by atoms with Crippen LogP contribution < -0.4 is 16.0 Å². The summed E-state index contributed by atoms with van der Waals surface area (Å²) in [6.07, 6.45) is 7.14. The molecule has 4 N–H and O–H groups in total. The Bertz CT molecular complexity index is 1220. The first kappa shape index (κ1) is 24.4. The molecule has 0 aliphatic heterocycles. The summed E-state index contributed by atoms with van der Waals surface area (Å²) in [6, 6.07) is 9.88. The fourth-order valence-corrected chi connectivity index (χ4v) is 4.37. The summed E-state index contributed by atoms with van der Waals surface area (Å²) in [6.45, 7) is 0.555. The topological polar surface area (TPSA) is 116 Å². The number of anilines is 2. The molecule has 10 heteroatoms. The number of rotatable bonds is 8. The summed E-state index contributed by atoms with van der Waals surface area (Å²) < 4.78 is 13.2. The molecule has 182 valence electrons. The zero-order chi connectivity index (χ0) is 24.8. The zero-order valence-electron chi connectivity index (χ0n) is 18.9. The Hall–Kier alpha value is -3.72. The second-order valence-corrected chi connectivity index (χ2v) is 8.84. The minimum absolute atomic E-state index is 0.00348. The van der Waals surface area contributed by atoms with Crippen molar-refractivity contribution in [3.05, 3.63) is 76.6 Å². The predicted molar refractivity (Wildman–Crippen MR) is 131 cm³/mol. The third-order valence-electron chi connectivity index (χ3n) is 5.97. The number of amides is 3. The van der Waals surface area contributed by atoms with E-state index in [1.165, 1.54) is 38.1 Å². The van der Waals surface area contributed by atoms with Crippen LogP contribution in [0, 0.1) is 11.7 Å². The van der Waals surface area contributed by atoms with E-state index in [9.17, 15) is 18.8 Å². The molecule has 1 fully saturated rings. The summed E-state index contributed by atoms with van der Waals surface area (Å²) in [5.74, 6) is -1.29. The van der Waals surface area contributed by atoms with E-state index in [-0.39, 0.29) is 27.9 Å². The molecular weight excluding hydrogens is 473 g/mol. The van der Waals surface area contributed by atoms with Crippen molar-refractivity contribution in [2.75, 3.05) is 17.2 Å². The minimum Gasteiger partial charge on any atom is -0.351 e. The molecule has 0 unspecified atom stereocenters. The smallest absolute Gasteiger partial charge is 0.276 e. The van der Waals surface area contributed by atoms with Crippen molar-refractivity contribution >= 4 is 40.7 Å². The molecule has 1 aliphatic carbocycles. The van der Waals surface area contributed by atoms with Crippen LogP contribution in [0.25, 0.3) is 0 Å². The first-order valence-electron chi connectivity index (χ1n) is 11.4. The van der Waals surface area contributed by atoms with Gasteiger partial charge in [-0.2, -0.15) is 0 Å². The third-order valence-corrected chi connectivity index (χ3v) is 6.28. The fraction of sp³-hybridized carbons (Fsp3) is 0.280.